The van der Waals surface area contributed by atoms with Crippen LogP contribution in [0.2, 0.25) is 0 Å². The molecule has 1 unspecified atom stereocenters. The monoisotopic (exact) mass is 266 g/mol. The molecule has 0 saturated heterocycles. The summed E-state index contributed by atoms with van der Waals surface area (Å²) in [4.78, 5) is 23.2. The molecule has 2 N–H and O–H groups in total. The predicted molar refractivity (Wildman–Crippen MR) is 73.8 cm³/mol. The van der Waals surface area contributed by atoms with E-state index in [4.69, 9.17) is 0 Å². The zero-order valence-electron chi connectivity index (χ0n) is 11.5. The maximum Gasteiger partial charge on any atom is 0.250 e. The quantitative estimate of drug-likeness (QED) is 0.765. The normalized spacial score (nSPS) is 12.4. The number of pyridine rings is 1. The van der Waals surface area contributed by atoms with Crippen molar-refractivity contribution in [1.82, 2.24) is 9.88 Å². The highest BCUT2D eigenvalue weighted by Gasteiger charge is 2.15. The van der Waals surface area contributed by atoms with E-state index in [-0.39, 0.29) is 30.5 Å². The minimum absolute atomic E-state index is 0.00773. The summed E-state index contributed by atoms with van der Waals surface area (Å²) in [6.45, 7) is 4.28. The summed E-state index contributed by atoms with van der Waals surface area (Å²) in [5, 5.41) is 12.5. The number of aliphatic hydroxyl groups is 1. The van der Waals surface area contributed by atoms with Gasteiger partial charge >= 0.3 is 0 Å². The Balaban J connectivity index is 2.44. The van der Waals surface area contributed by atoms with Crippen molar-refractivity contribution >= 4 is 5.91 Å². The fourth-order valence-corrected chi connectivity index (χ4v) is 1.93. The summed E-state index contributed by atoms with van der Waals surface area (Å²) >= 11 is 0. The summed E-state index contributed by atoms with van der Waals surface area (Å²) in [6, 6.07) is 4.83. The molecule has 0 aliphatic carbocycles. The van der Waals surface area contributed by atoms with Crippen LogP contribution in [0.4, 0.5) is 0 Å². The minimum Gasteiger partial charge on any atom is -0.389 e. The molecule has 1 rings (SSSR count). The maximum atomic E-state index is 11.7. The van der Waals surface area contributed by atoms with Crippen LogP contribution in [0.3, 0.4) is 0 Å². The van der Waals surface area contributed by atoms with Crippen molar-refractivity contribution < 1.29 is 9.90 Å². The Morgan fingerprint density at radius 1 is 1.37 bits per heavy atom. The lowest BCUT2D eigenvalue weighted by atomic mass is 10.0. The number of hydrogen-bond donors (Lipinski definition) is 2. The second-order valence-corrected chi connectivity index (χ2v) is 4.60. The highest BCUT2D eigenvalue weighted by molar-refractivity contribution is 5.78. The fraction of sp³-hybridized carbons (Fsp3) is 0.571. The minimum atomic E-state index is -0.765. The van der Waals surface area contributed by atoms with Gasteiger partial charge in [-0.1, -0.05) is 19.9 Å². The number of nitrogens with one attached hydrogen (secondary N) is 1. The third-order valence-corrected chi connectivity index (χ3v) is 3.17. The third kappa shape index (κ3) is 4.87. The second kappa shape index (κ2) is 7.74. The van der Waals surface area contributed by atoms with Crippen LogP contribution in [-0.4, -0.2) is 28.2 Å². The van der Waals surface area contributed by atoms with Gasteiger partial charge in [0.05, 0.1) is 12.6 Å². The molecule has 1 aromatic rings. The highest BCUT2D eigenvalue weighted by Crippen LogP contribution is 2.06. The van der Waals surface area contributed by atoms with Crippen LogP contribution >= 0.6 is 0 Å². The molecule has 0 saturated carbocycles. The van der Waals surface area contributed by atoms with Gasteiger partial charge < -0.3 is 15.0 Å². The van der Waals surface area contributed by atoms with Gasteiger partial charge in [0.1, 0.15) is 0 Å². The number of nitrogens with zero attached hydrogens (tertiary/aromatic N) is 1. The Bertz CT molecular complexity index is 452. The summed E-state index contributed by atoms with van der Waals surface area (Å²) < 4.78 is 1.42. The molecular weight excluding hydrogens is 244 g/mol. The van der Waals surface area contributed by atoms with Crippen molar-refractivity contribution in [2.75, 3.05) is 6.54 Å². The molecule has 1 aromatic heterocycles. The Labute approximate surface area is 113 Å². The SMILES string of the molecule is CCC(CC)C(=O)NCC(O)Cn1ccccc1=O. The first kappa shape index (κ1) is 15.4. The van der Waals surface area contributed by atoms with Gasteiger partial charge in [-0.05, 0) is 18.9 Å². The van der Waals surface area contributed by atoms with Gasteiger partial charge in [0.15, 0.2) is 0 Å². The van der Waals surface area contributed by atoms with Crippen LogP contribution in [0.25, 0.3) is 0 Å². The van der Waals surface area contributed by atoms with E-state index in [1.807, 2.05) is 13.8 Å². The van der Waals surface area contributed by atoms with Crippen LogP contribution < -0.4 is 10.9 Å². The Morgan fingerprint density at radius 3 is 2.63 bits per heavy atom. The number of aromatic nitrogens is 1. The van der Waals surface area contributed by atoms with Crippen molar-refractivity contribution in [1.29, 1.82) is 0 Å². The first-order chi connectivity index (χ1) is 9.08. The van der Waals surface area contributed by atoms with E-state index < -0.39 is 6.10 Å². The van der Waals surface area contributed by atoms with Crippen molar-refractivity contribution in [3.63, 3.8) is 0 Å². The van der Waals surface area contributed by atoms with Gasteiger partial charge in [-0.2, -0.15) is 0 Å². The topological polar surface area (TPSA) is 71.3 Å². The second-order valence-electron chi connectivity index (χ2n) is 4.60. The van der Waals surface area contributed by atoms with Gasteiger partial charge in [-0.3, -0.25) is 9.59 Å². The molecule has 5 nitrogen and oxygen atoms in total. The number of hydrogen-bond acceptors (Lipinski definition) is 3. The molecule has 0 radical (unpaired) electrons. The number of carbonyl (C=O) groups excluding carboxylic acids is 1. The number of rotatable bonds is 7. The Kier molecular flexibility index (Phi) is 6.29. The van der Waals surface area contributed by atoms with E-state index in [2.05, 4.69) is 5.32 Å². The van der Waals surface area contributed by atoms with E-state index in [1.54, 1.807) is 18.3 Å². The molecule has 0 fully saturated rings. The lowest BCUT2D eigenvalue weighted by Gasteiger charge is -2.16. The maximum absolute atomic E-state index is 11.7. The molecule has 0 aliphatic rings. The van der Waals surface area contributed by atoms with E-state index in [1.165, 1.54) is 10.6 Å². The molecule has 1 heterocycles. The standard InChI is InChI=1S/C14H22N2O3/c1-3-11(4-2)14(19)15-9-12(17)10-16-8-6-5-7-13(16)18/h5-8,11-12,17H,3-4,9-10H2,1-2H3,(H,15,19). The van der Waals surface area contributed by atoms with Crippen molar-refractivity contribution in [3.05, 3.63) is 34.7 Å². The Morgan fingerprint density at radius 2 is 2.05 bits per heavy atom. The number of carbonyl (C=O) groups is 1. The summed E-state index contributed by atoms with van der Waals surface area (Å²) in [5.41, 5.74) is -0.159. The van der Waals surface area contributed by atoms with E-state index in [0.717, 1.165) is 12.8 Å². The molecule has 0 aromatic carbocycles. The highest BCUT2D eigenvalue weighted by atomic mass is 16.3. The van der Waals surface area contributed by atoms with Crippen LogP contribution in [0.5, 0.6) is 0 Å². The van der Waals surface area contributed by atoms with E-state index in [9.17, 15) is 14.7 Å². The molecule has 0 spiro atoms. The van der Waals surface area contributed by atoms with Crippen LogP contribution in [0, 0.1) is 5.92 Å². The first-order valence-electron chi connectivity index (χ1n) is 6.69. The molecular formula is C14H22N2O3. The lowest BCUT2D eigenvalue weighted by Crippen LogP contribution is -2.38. The van der Waals surface area contributed by atoms with Crippen molar-refractivity contribution in [3.8, 4) is 0 Å². The average molecular weight is 266 g/mol. The molecule has 0 bridgehead atoms. The van der Waals surface area contributed by atoms with E-state index in [0.29, 0.717) is 0 Å². The molecule has 0 aliphatic heterocycles. The van der Waals surface area contributed by atoms with Gasteiger partial charge in [0.2, 0.25) is 5.91 Å². The van der Waals surface area contributed by atoms with Gasteiger partial charge in [0, 0.05) is 24.7 Å². The summed E-state index contributed by atoms with van der Waals surface area (Å²) in [5.74, 6) is -0.0453. The van der Waals surface area contributed by atoms with E-state index >= 15 is 0 Å². The number of aliphatic hydroxyl groups excluding tert-OH is 1. The molecule has 1 amide bonds. The van der Waals surface area contributed by atoms with Crippen molar-refractivity contribution in [2.45, 2.75) is 39.3 Å². The Hall–Kier alpha value is -1.62. The van der Waals surface area contributed by atoms with Crippen LogP contribution in [0.15, 0.2) is 29.2 Å². The zero-order valence-corrected chi connectivity index (χ0v) is 11.5. The molecule has 1 atom stereocenters. The third-order valence-electron chi connectivity index (χ3n) is 3.17. The first-order valence-corrected chi connectivity index (χ1v) is 6.69. The van der Waals surface area contributed by atoms with Gasteiger partial charge in [-0.15, -0.1) is 0 Å². The average Bonchev–Trinajstić information content (AvgIpc) is 2.40. The number of amides is 1. The van der Waals surface area contributed by atoms with Crippen LogP contribution in [0.1, 0.15) is 26.7 Å². The summed E-state index contributed by atoms with van der Waals surface area (Å²) in [6.07, 6.45) is 2.43. The fourth-order valence-electron chi connectivity index (χ4n) is 1.93. The predicted octanol–water partition coefficient (Wildman–Crippen LogP) is 0.762. The smallest absolute Gasteiger partial charge is 0.250 e. The van der Waals surface area contributed by atoms with Gasteiger partial charge in [0.25, 0.3) is 5.56 Å². The molecule has 106 valence electrons. The van der Waals surface area contributed by atoms with Crippen LogP contribution in [-0.2, 0) is 11.3 Å². The van der Waals surface area contributed by atoms with Crippen molar-refractivity contribution in [2.24, 2.45) is 5.92 Å². The molecule has 19 heavy (non-hydrogen) atoms. The summed E-state index contributed by atoms with van der Waals surface area (Å²) in [7, 11) is 0. The lowest BCUT2D eigenvalue weighted by molar-refractivity contribution is -0.125. The molecule has 5 heteroatoms. The largest absolute Gasteiger partial charge is 0.389 e. The zero-order chi connectivity index (χ0) is 14.3. The van der Waals surface area contributed by atoms with Gasteiger partial charge in [-0.25, -0.2) is 0 Å².